The van der Waals surface area contributed by atoms with Crippen LogP contribution >= 0.6 is 11.3 Å². The largest absolute Gasteiger partial charge is 0.463 e. The van der Waals surface area contributed by atoms with Gasteiger partial charge in [-0.05, 0) is 43.7 Å². The monoisotopic (exact) mass is 613 g/mol. The van der Waals surface area contributed by atoms with Crippen LogP contribution in [0.25, 0.3) is 17.0 Å². The molecule has 0 saturated carbocycles. The number of amides is 1. The van der Waals surface area contributed by atoms with Crippen molar-refractivity contribution in [1.29, 1.82) is 0 Å². The van der Waals surface area contributed by atoms with Gasteiger partial charge in [0.2, 0.25) is 5.91 Å². The number of morpholine rings is 1. The number of anilines is 1. The van der Waals surface area contributed by atoms with Crippen molar-refractivity contribution in [3.63, 3.8) is 0 Å². The lowest BCUT2D eigenvalue weighted by molar-refractivity contribution is -0.139. The number of thiazole rings is 1. The Morgan fingerprint density at radius 1 is 1.11 bits per heavy atom. The fraction of sp³-hybridized carbons (Fsp3) is 0.333. The molecule has 0 unspecified atom stereocenters. The molecule has 2 aliphatic heterocycles. The summed E-state index contributed by atoms with van der Waals surface area (Å²) in [6.45, 7) is 6.20. The number of carbonyl (C=O) groups is 2. The van der Waals surface area contributed by atoms with Crippen LogP contribution in [0.4, 0.5) is 5.69 Å². The van der Waals surface area contributed by atoms with Crippen LogP contribution in [-0.4, -0.2) is 72.9 Å². The number of fused-ring (bicyclic) bond motifs is 2. The van der Waals surface area contributed by atoms with Crippen LogP contribution < -0.4 is 19.8 Å². The normalized spacial score (nSPS) is 17.0. The molecule has 6 rings (SSSR count). The van der Waals surface area contributed by atoms with E-state index >= 15 is 0 Å². The van der Waals surface area contributed by atoms with Crippen LogP contribution in [-0.2, 0) is 25.6 Å². The average Bonchev–Trinajstić information content (AvgIpc) is 3.53. The van der Waals surface area contributed by atoms with E-state index in [1.807, 2.05) is 89.3 Å². The van der Waals surface area contributed by atoms with Gasteiger partial charge in [-0.25, -0.2) is 9.79 Å². The number of rotatable bonds is 7. The van der Waals surface area contributed by atoms with Gasteiger partial charge in [0, 0.05) is 55.5 Å². The van der Waals surface area contributed by atoms with E-state index in [0.29, 0.717) is 46.9 Å². The molecule has 4 aromatic rings. The first-order chi connectivity index (χ1) is 21.3. The van der Waals surface area contributed by atoms with Gasteiger partial charge >= 0.3 is 5.97 Å². The Morgan fingerprint density at radius 2 is 1.84 bits per heavy atom. The van der Waals surface area contributed by atoms with Gasteiger partial charge in [0.25, 0.3) is 5.56 Å². The van der Waals surface area contributed by atoms with Crippen molar-refractivity contribution in [2.75, 3.05) is 51.9 Å². The predicted octanol–water partition coefficient (Wildman–Crippen LogP) is 2.68. The van der Waals surface area contributed by atoms with E-state index in [0.717, 1.165) is 27.7 Å². The molecule has 0 N–H and O–H groups in total. The third-order valence-corrected chi connectivity index (χ3v) is 9.00. The van der Waals surface area contributed by atoms with E-state index in [1.54, 1.807) is 18.4 Å². The highest BCUT2D eigenvalue weighted by atomic mass is 32.1. The summed E-state index contributed by atoms with van der Waals surface area (Å²) in [5, 5.41) is 0.937. The smallest absolute Gasteiger partial charge is 0.338 e. The average molecular weight is 614 g/mol. The topological polar surface area (TPSA) is 98.4 Å². The minimum atomic E-state index is -0.684. The fourth-order valence-electron chi connectivity index (χ4n) is 5.78. The van der Waals surface area contributed by atoms with Crippen LogP contribution in [0, 0.1) is 0 Å². The Bertz CT molecular complexity index is 1940. The minimum absolute atomic E-state index is 0.0298. The molecule has 0 radical (unpaired) electrons. The van der Waals surface area contributed by atoms with Gasteiger partial charge in [0.15, 0.2) is 4.80 Å². The van der Waals surface area contributed by atoms with Crippen molar-refractivity contribution < 1.29 is 19.1 Å². The summed E-state index contributed by atoms with van der Waals surface area (Å²) in [4.78, 5) is 49.5. The first-order valence-electron chi connectivity index (χ1n) is 14.7. The van der Waals surface area contributed by atoms with Crippen LogP contribution in [0.3, 0.4) is 0 Å². The van der Waals surface area contributed by atoms with E-state index in [9.17, 15) is 14.4 Å². The number of hydrogen-bond donors (Lipinski definition) is 0. The summed E-state index contributed by atoms with van der Waals surface area (Å²) in [5.74, 6) is -0.458. The Kier molecular flexibility index (Phi) is 8.24. The first-order valence-corrected chi connectivity index (χ1v) is 15.5. The zero-order chi connectivity index (χ0) is 31.0. The second-order valence-electron chi connectivity index (χ2n) is 11.0. The summed E-state index contributed by atoms with van der Waals surface area (Å²) in [6, 6.07) is 15.0. The zero-order valence-corrected chi connectivity index (χ0v) is 26.1. The second-order valence-corrected chi connectivity index (χ2v) is 12.0. The predicted molar refractivity (Wildman–Crippen MR) is 171 cm³/mol. The van der Waals surface area contributed by atoms with Gasteiger partial charge in [0.05, 0.1) is 41.7 Å². The molecule has 11 heteroatoms. The number of hydrogen-bond acceptors (Lipinski definition) is 8. The maximum atomic E-state index is 14.2. The van der Waals surface area contributed by atoms with Gasteiger partial charge in [-0.3, -0.25) is 14.2 Å². The number of ether oxygens (including phenoxy) is 2. The molecule has 0 spiro atoms. The Morgan fingerprint density at radius 3 is 2.55 bits per heavy atom. The standard InChI is InChI=1S/C33H35N5O5S/c1-5-43-32(41)29-21(2)34-33-38(30(29)22-10-12-24(13-11-22)35(3)4)31(40)27(44-33)18-23-19-37(26-9-7-6-8-25(23)26)20-28(39)36-14-16-42-17-15-36/h6-13,18-19,30H,5,14-17,20H2,1-4H3/b27-18+/t30-/m0/s1. The maximum absolute atomic E-state index is 14.2. The maximum Gasteiger partial charge on any atom is 0.338 e. The van der Waals surface area contributed by atoms with E-state index in [2.05, 4.69) is 0 Å². The Labute approximate surface area is 258 Å². The number of aromatic nitrogens is 2. The van der Waals surface area contributed by atoms with E-state index in [-0.39, 0.29) is 24.6 Å². The van der Waals surface area contributed by atoms with Gasteiger partial charge in [-0.15, -0.1) is 0 Å². The van der Waals surface area contributed by atoms with Crippen molar-refractivity contribution in [2.45, 2.75) is 26.4 Å². The quantitative estimate of drug-likeness (QED) is 0.298. The summed E-state index contributed by atoms with van der Waals surface area (Å²) in [7, 11) is 3.92. The lowest BCUT2D eigenvalue weighted by Gasteiger charge is -2.27. The molecule has 2 aromatic heterocycles. The molecule has 1 atom stereocenters. The fourth-order valence-corrected chi connectivity index (χ4v) is 6.82. The van der Waals surface area contributed by atoms with Crippen molar-refractivity contribution in [1.82, 2.24) is 14.0 Å². The molecular weight excluding hydrogens is 578 g/mol. The summed E-state index contributed by atoms with van der Waals surface area (Å²) in [6.07, 6.45) is 3.78. The van der Waals surface area contributed by atoms with Gasteiger partial charge in [-0.2, -0.15) is 0 Å². The summed E-state index contributed by atoms with van der Waals surface area (Å²) >= 11 is 1.28. The molecule has 1 saturated heterocycles. The van der Waals surface area contributed by atoms with Crippen LogP contribution in [0.2, 0.25) is 0 Å². The number of carbonyl (C=O) groups excluding carboxylic acids is 2. The third kappa shape index (κ3) is 5.48. The first kappa shape index (κ1) is 29.6. The number of esters is 1. The van der Waals surface area contributed by atoms with Crippen LogP contribution in [0.1, 0.15) is 31.0 Å². The van der Waals surface area contributed by atoms with Crippen molar-refractivity contribution in [3.8, 4) is 0 Å². The lowest BCUT2D eigenvalue weighted by atomic mass is 9.95. The highest BCUT2D eigenvalue weighted by Gasteiger charge is 2.33. The second kappa shape index (κ2) is 12.3. The summed E-state index contributed by atoms with van der Waals surface area (Å²) < 4.78 is 14.8. The van der Waals surface area contributed by atoms with Crippen molar-refractivity contribution in [3.05, 3.63) is 96.8 Å². The Balaban J connectivity index is 1.46. The van der Waals surface area contributed by atoms with Crippen LogP contribution in [0.15, 0.2) is 75.8 Å². The molecule has 0 aliphatic carbocycles. The van der Waals surface area contributed by atoms with Crippen LogP contribution in [0.5, 0.6) is 0 Å². The van der Waals surface area contributed by atoms with Gasteiger partial charge in [0.1, 0.15) is 6.54 Å². The molecule has 2 aliphatic rings. The van der Waals surface area contributed by atoms with E-state index < -0.39 is 12.0 Å². The lowest BCUT2D eigenvalue weighted by Crippen LogP contribution is -2.42. The van der Waals surface area contributed by atoms with Crippen molar-refractivity contribution in [2.24, 2.45) is 4.99 Å². The van der Waals surface area contributed by atoms with Gasteiger partial charge in [-0.1, -0.05) is 41.7 Å². The number of benzene rings is 2. The SMILES string of the molecule is CCOC(=O)C1=C(C)N=c2s/c(=C/c3cn(CC(=O)N4CCOCC4)c4ccccc34)c(=O)n2[C@H]1c1ccc(N(C)C)cc1. The number of para-hydroxylation sites is 1. The molecule has 2 aromatic carbocycles. The minimum Gasteiger partial charge on any atom is -0.463 e. The zero-order valence-electron chi connectivity index (χ0n) is 25.3. The van der Waals surface area contributed by atoms with E-state index in [1.165, 1.54) is 11.3 Å². The molecule has 228 valence electrons. The number of allylic oxidation sites excluding steroid dienone is 1. The summed E-state index contributed by atoms with van der Waals surface area (Å²) in [5.41, 5.74) is 4.16. The highest BCUT2D eigenvalue weighted by Crippen LogP contribution is 2.32. The molecule has 44 heavy (non-hydrogen) atoms. The molecule has 4 heterocycles. The number of nitrogens with zero attached hydrogens (tertiary/aromatic N) is 5. The Hall–Kier alpha value is -4.48. The van der Waals surface area contributed by atoms with Crippen molar-refractivity contribution >= 4 is 45.9 Å². The van der Waals surface area contributed by atoms with E-state index in [4.69, 9.17) is 14.5 Å². The molecular formula is C33H35N5O5S. The molecule has 10 nitrogen and oxygen atoms in total. The molecule has 1 amide bonds. The van der Waals surface area contributed by atoms with Gasteiger partial charge < -0.3 is 23.8 Å². The third-order valence-electron chi connectivity index (χ3n) is 8.02. The molecule has 0 bridgehead atoms. The highest BCUT2D eigenvalue weighted by molar-refractivity contribution is 7.07. The molecule has 1 fully saturated rings.